The zero-order valence-electron chi connectivity index (χ0n) is 10.7. The zero-order valence-corrected chi connectivity index (χ0v) is 11.5. The number of carbonyl (C=O) groups is 2. The van der Waals surface area contributed by atoms with Crippen molar-refractivity contribution in [3.63, 3.8) is 0 Å². The van der Waals surface area contributed by atoms with Crippen LogP contribution in [0.25, 0.3) is 0 Å². The highest BCUT2D eigenvalue weighted by molar-refractivity contribution is 6.31. The molecule has 0 saturated carbocycles. The fraction of sp³-hybridized carbons (Fsp3) is 0.231. The van der Waals surface area contributed by atoms with Gasteiger partial charge in [0.15, 0.2) is 11.4 Å². The minimum atomic E-state index is -1.31. The van der Waals surface area contributed by atoms with Crippen molar-refractivity contribution >= 4 is 29.2 Å². The van der Waals surface area contributed by atoms with Gasteiger partial charge >= 0.3 is 11.9 Å². The van der Waals surface area contributed by atoms with Crippen molar-refractivity contribution in [1.29, 1.82) is 0 Å². The Hall–Kier alpha value is -2.08. The molecule has 20 heavy (non-hydrogen) atoms. The summed E-state index contributed by atoms with van der Waals surface area (Å²) in [6, 6.07) is 4.30. The van der Waals surface area contributed by atoms with Gasteiger partial charge in [0.2, 0.25) is 0 Å². The Kier molecular flexibility index (Phi) is 3.67. The van der Waals surface area contributed by atoms with Crippen LogP contribution in [0.5, 0.6) is 0 Å². The van der Waals surface area contributed by atoms with Crippen LogP contribution in [0.2, 0.25) is 5.02 Å². The second-order valence-electron chi connectivity index (χ2n) is 4.48. The topological polar surface area (TPSA) is 64.6 Å². The van der Waals surface area contributed by atoms with Crippen LogP contribution in [-0.2, 0) is 19.1 Å². The molecule has 0 aliphatic carbocycles. The van der Waals surface area contributed by atoms with E-state index in [1.165, 1.54) is 32.0 Å². The number of nitrogens with one attached hydrogen (secondary N) is 1. The number of rotatable bonds is 2. The number of hydrogen-bond donors (Lipinski definition) is 1. The average molecular weight is 300 g/mol. The molecule has 7 heteroatoms. The van der Waals surface area contributed by atoms with E-state index in [9.17, 15) is 14.0 Å². The third-order valence-electron chi connectivity index (χ3n) is 2.44. The summed E-state index contributed by atoms with van der Waals surface area (Å²) in [4.78, 5) is 23.3. The summed E-state index contributed by atoms with van der Waals surface area (Å²) < 4.78 is 23.4. The maximum Gasteiger partial charge on any atom is 0.350 e. The first-order chi connectivity index (χ1) is 9.30. The molecule has 1 saturated heterocycles. The smallest absolute Gasteiger partial charge is 0.350 e. The van der Waals surface area contributed by atoms with Crippen LogP contribution in [0.4, 0.5) is 10.1 Å². The third kappa shape index (κ3) is 2.91. The van der Waals surface area contributed by atoms with E-state index in [0.717, 1.165) is 6.20 Å². The molecular weight excluding hydrogens is 289 g/mol. The molecule has 0 radical (unpaired) electrons. The van der Waals surface area contributed by atoms with Crippen molar-refractivity contribution in [2.24, 2.45) is 0 Å². The molecule has 0 bridgehead atoms. The van der Waals surface area contributed by atoms with Gasteiger partial charge in [-0.15, -0.1) is 0 Å². The van der Waals surface area contributed by atoms with Crippen LogP contribution in [0.1, 0.15) is 13.8 Å². The summed E-state index contributed by atoms with van der Waals surface area (Å²) in [7, 11) is 0. The Morgan fingerprint density at radius 1 is 1.25 bits per heavy atom. The number of cyclic esters (lactones) is 2. The number of ether oxygens (including phenoxy) is 2. The van der Waals surface area contributed by atoms with Crippen LogP contribution in [-0.4, -0.2) is 17.7 Å². The lowest BCUT2D eigenvalue weighted by Crippen LogP contribution is -2.42. The highest BCUT2D eigenvalue weighted by Gasteiger charge is 2.38. The van der Waals surface area contributed by atoms with E-state index in [-0.39, 0.29) is 16.3 Å². The molecule has 106 valence electrons. The maximum atomic E-state index is 13.6. The maximum absolute atomic E-state index is 13.6. The first kappa shape index (κ1) is 14.3. The molecule has 1 aliphatic rings. The summed E-state index contributed by atoms with van der Waals surface area (Å²) in [5.41, 5.74) is -0.334. The van der Waals surface area contributed by atoms with E-state index in [4.69, 9.17) is 21.1 Å². The SMILES string of the molecule is CC1(C)OC(=O)C(=CNc2cccc(Cl)c2F)C(=O)O1. The van der Waals surface area contributed by atoms with Crippen LogP contribution < -0.4 is 5.32 Å². The summed E-state index contributed by atoms with van der Waals surface area (Å²) in [5.74, 6) is -3.70. The van der Waals surface area contributed by atoms with Gasteiger partial charge in [0, 0.05) is 20.0 Å². The van der Waals surface area contributed by atoms with Gasteiger partial charge < -0.3 is 14.8 Å². The summed E-state index contributed by atoms with van der Waals surface area (Å²) in [6.07, 6.45) is 1.02. The van der Waals surface area contributed by atoms with E-state index in [2.05, 4.69) is 5.32 Å². The third-order valence-corrected chi connectivity index (χ3v) is 2.73. The van der Waals surface area contributed by atoms with Crippen molar-refractivity contribution in [2.75, 3.05) is 5.32 Å². The second-order valence-corrected chi connectivity index (χ2v) is 4.89. The lowest BCUT2D eigenvalue weighted by atomic mass is 10.2. The summed E-state index contributed by atoms with van der Waals surface area (Å²) in [6.45, 7) is 2.87. The number of carbonyl (C=O) groups excluding carboxylic acids is 2. The molecule has 0 aromatic heterocycles. The summed E-state index contributed by atoms with van der Waals surface area (Å²) >= 11 is 5.61. The predicted molar refractivity (Wildman–Crippen MR) is 69.4 cm³/mol. The number of benzene rings is 1. The Bertz CT molecular complexity index is 590. The van der Waals surface area contributed by atoms with Crippen molar-refractivity contribution in [3.8, 4) is 0 Å². The minimum absolute atomic E-state index is 0.0235. The summed E-state index contributed by atoms with van der Waals surface area (Å²) in [5, 5.41) is 2.41. The number of anilines is 1. The van der Waals surface area contributed by atoms with Crippen molar-refractivity contribution < 1.29 is 23.5 Å². The molecule has 0 atom stereocenters. The van der Waals surface area contributed by atoms with Gasteiger partial charge in [-0.05, 0) is 12.1 Å². The highest BCUT2D eigenvalue weighted by atomic mass is 35.5. The first-order valence-electron chi connectivity index (χ1n) is 5.67. The largest absolute Gasteiger partial charge is 0.419 e. The Morgan fingerprint density at radius 2 is 1.85 bits per heavy atom. The zero-order chi connectivity index (χ0) is 14.9. The Labute approximate surface area is 119 Å². The fourth-order valence-electron chi connectivity index (χ4n) is 1.54. The Balaban J connectivity index is 2.22. The molecule has 1 aromatic rings. The van der Waals surface area contributed by atoms with E-state index in [1.807, 2.05) is 0 Å². The van der Waals surface area contributed by atoms with E-state index in [1.54, 1.807) is 0 Å². The Morgan fingerprint density at radius 3 is 2.45 bits per heavy atom. The molecule has 1 N–H and O–H groups in total. The molecule has 0 amide bonds. The van der Waals surface area contributed by atoms with Gasteiger partial charge in [-0.1, -0.05) is 17.7 Å². The average Bonchev–Trinajstić information content (AvgIpc) is 2.31. The van der Waals surface area contributed by atoms with Crippen LogP contribution in [0, 0.1) is 5.82 Å². The molecule has 1 aliphatic heterocycles. The lowest BCUT2D eigenvalue weighted by molar-refractivity contribution is -0.222. The second kappa shape index (κ2) is 5.13. The molecule has 1 fully saturated rings. The van der Waals surface area contributed by atoms with Gasteiger partial charge in [-0.3, -0.25) is 0 Å². The molecule has 0 spiro atoms. The van der Waals surface area contributed by atoms with Crippen molar-refractivity contribution in [1.82, 2.24) is 0 Å². The number of halogens is 2. The molecule has 0 unspecified atom stereocenters. The minimum Gasteiger partial charge on any atom is -0.419 e. The van der Waals surface area contributed by atoms with Gasteiger partial charge in [-0.2, -0.15) is 0 Å². The van der Waals surface area contributed by atoms with E-state index in [0.29, 0.717) is 0 Å². The first-order valence-corrected chi connectivity index (χ1v) is 6.05. The predicted octanol–water partition coefficient (Wildman–Crippen LogP) is 2.61. The molecule has 5 nitrogen and oxygen atoms in total. The van der Waals surface area contributed by atoms with Gasteiger partial charge in [0.1, 0.15) is 0 Å². The van der Waals surface area contributed by atoms with Gasteiger partial charge in [-0.25, -0.2) is 14.0 Å². The van der Waals surface area contributed by atoms with E-state index < -0.39 is 23.5 Å². The highest BCUT2D eigenvalue weighted by Crippen LogP contribution is 2.24. The van der Waals surface area contributed by atoms with Crippen molar-refractivity contribution in [3.05, 3.63) is 40.8 Å². The quantitative estimate of drug-likeness (QED) is 0.516. The monoisotopic (exact) mass is 299 g/mol. The number of hydrogen-bond acceptors (Lipinski definition) is 5. The normalized spacial score (nSPS) is 17.3. The fourth-order valence-corrected chi connectivity index (χ4v) is 1.72. The van der Waals surface area contributed by atoms with E-state index >= 15 is 0 Å². The van der Waals surface area contributed by atoms with Crippen molar-refractivity contribution in [2.45, 2.75) is 19.6 Å². The molecule has 1 heterocycles. The lowest BCUT2D eigenvalue weighted by Gasteiger charge is -2.29. The van der Waals surface area contributed by atoms with Crippen LogP contribution >= 0.6 is 11.6 Å². The van der Waals surface area contributed by atoms with Gasteiger partial charge in [0.05, 0.1) is 10.7 Å². The molecule has 2 rings (SSSR count). The standard InChI is InChI=1S/C13H11ClFNO4/c1-13(2)19-11(17)7(12(18)20-13)6-16-9-5-3-4-8(14)10(9)15/h3-6,16H,1-2H3. The molecule has 1 aromatic carbocycles. The van der Waals surface area contributed by atoms with Gasteiger partial charge in [0.25, 0.3) is 5.79 Å². The number of esters is 2. The van der Waals surface area contributed by atoms with Crippen LogP contribution in [0.15, 0.2) is 30.0 Å². The molecular formula is C13H11ClFNO4. The van der Waals surface area contributed by atoms with Crippen LogP contribution in [0.3, 0.4) is 0 Å².